The lowest BCUT2D eigenvalue weighted by molar-refractivity contribution is -0.121. The summed E-state index contributed by atoms with van der Waals surface area (Å²) < 4.78 is 18.2. The van der Waals surface area contributed by atoms with Gasteiger partial charge in [-0.15, -0.1) is 0 Å². The Balaban J connectivity index is 1.55. The monoisotopic (exact) mass is 394 g/mol. The maximum absolute atomic E-state index is 13.2. The van der Waals surface area contributed by atoms with Gasteiger partial charge in [0, 0.05) is 26.1 Å². The molecule has 3 aromatic rings. The van der Waals surface area contributed by atoms with Crippen molar-refractivity contribution in [1.82, 2.24) is 10.2 Å². The molecule has 0 saturated carbocycles. The molecule has 5 nitrogen and oxygen atoms in total. The minimum Gasteiger partial charge on any atom is -0.472 e. The van der Waals surface area contributed by atoms with E-state index in [-0.39, 0.29) is 37.1 Å². The molecular formula is C23H23FN2O3. The molecule has 0 saturated heterocycles. The van der Waals surface area contributed by atoms with Crippen molar-refractivity contribution in [2.75, 3.05) is 13.1 Å². The second-order valence-electron chi connectivity index (χ2n) is 6.70. The van der Waals surface area contributed by atoms with Gasteiger partial charge in [0.05, 0.1) is 11.8 Å². The molecule has 3 rings (SSSR count). The molecule has 2 amide bonds. The van der Waals surface area contributed by atoms with Crippen molar-refractivity contribution in [2.24, 2.45) is 0 Å². The highest BCUT2D eigenvalue weighted by Gasteiger charge is 2.18. The highest BCUT2D eigenvalue weighted by Crippen LogP contribution is 2.12. The van der Waals surface area contributed by atoms with Gasteiger partial charge in [0.1, 0.15) is 12.1 Å². The molecule has 2 aromatic carbocycles. The van der Waals surface area contributed by atoms with Crippen LogP contribution in [0.15, 0.2) is 77.6 Å². The van der Waals surface area contributed by atoms with Gasteiger partial charge in [-0.1, -0.05) is 42.5 Å². The zero-order chi connectivity index (χ0) is 20.5. The van der Waals surface area contributed by atoms with Gasteiger partial charge in [0.2, 0.25) is 5.91 Å². The molecule has 1 N–H and O–H groups in total. The lowest BCUT2D eigenvalue weighted by Crippen LogP contribution is -2.35. The Morgan fingerprint density at radius 1 is 0.966 bits per heavy atom. The normalized spacial score (nSPS) is 10.5. The number of rotatable bonds is 9. The van der Waals surface area contributed by atoms with E-state index >= 15 is 0 Å². The predicted octanol–water partition coefficient (Wildman–Crippen LogP) is 3.81. The van der Waals surface area contributed by atoms with E-state index in [1.807, 2.05) is 30.3 Å². The first-order chi connectivity index (χ1) is 14.1. The number of halogens is 1. The molecule has 1 aromatic heterocycles. The van der Waals surface area contributed by atoms with Crippen LogP contribution in [-0.2, 0) is 17.8 Å². The number of nitrogens with one attached hydrogen (secondary N) is 1. The summed E-state index contributed by atoms with van der Waals surface area (Å²) in [5.74, 6) is -0.690. The Labute approximate surface area is 169 Å². The van der Waals surface area contributed by atoms with E-state index in [1.165, 1.54) is 24.7 Å². The number of furan rings is 1. The van der Waals surface area contributed by atoms with Crippen LogP contribution < -0.4 is 5.32 Å². The van der Waals surface area contributed by atoms with Crippen LogP contribution in [0, 0.1) is 5.82 Å². The van der Waals surface area contributed by atoms with Crippen LogP contribution >= 0.6 is 0 Å². The predicted molar refractivity (Wildman–Crippen MR) is 108 cm³/mol. The van der Waals surface area contributed by atoms with Gasteiger partial charge in [-0.25, -0.2) is 4.39 Å². The summed E-state index contributed by atoms with van der Waals surface area (Å²) in [6.45, 7) is 1.07. The van der Waals surface area contributed by atoms with Crippen molar-refractivity contribution in [2.45, 2.75) is 19.4 Å². The molecule has 0 aliphatic heterocycles. The van der Waals surface area contributed by atoms with E-state index in [4.69, 9.17) is 4.42 Å². The van der Waals surface area contributed by atoms with Crippen molar-refractivity contribution in [1.29, 1.82) is 0 Å². The van der Waals surface area contributed by atoms with Crippen LogP contribution in [0.1, 0.15) is 27.9 Å². The van der Waals surface area contributed by atoms with E-state index < -0.39 is 0 Å². The SMILES string of the molecule is O=C(CCN(Cc1ccc(F)cc1)C(=O)c1ccoc1)NCCc1ccccc1. The minimum atomic E-state index is -0.334. The van der Waals surface area contributed by atoms with Crippen LogP contribution in [-0.4, -0.2) is 29.8 Å². The summed E-state index contributed by atoms with van der Waals surface area (Å²) in [5, 5.41) is 2.89. The lowest BCUT2D eigenvalue weighted by Gasteiger charge is -2.22. The third kappa shape index (κ3) is 6.31. The van der Waals surface area contributed by atoms with E-state index in [2.05, 4.69) is 5.32 Å². The number of carbonyl (C=O) groups excluding carboxylic acids is 2. The fourth-order valence-electron chi connectivity index (χ4n) is 2.95. The number of carbonyl (C=O) groups is 2. The highest BCUT2D eigenvalue weighted by molar-refractivity contribution is 5.94. The zero-order valence-electron chi connectivity index (χ0n) is 16.0. The largest absolute Gasteiger partial charge is 0.472 e. The van der Waals surface area contributed by atoms with E-state index in [9.17, 15) is 14.0 Å². The van der Waals surface area contributed by atoms with Crippen LogP contribution in [0.25, 0.3) is 0 Å². The first-order valence-corrected chi connectivity index (χ1v) is 9.48. The number of benzene rings is 2. The summed E-state index contributed by atoms with van der Waals surface area (Å²) >= 11 is 0. The van der Waals surface area contributed by atoms with Gasteiger partial charge in [-0.05, 0) is 35.7 Å². The average molecular weight is 394 g/mol. The third-order valence-electron chi connectivity index (χ3n) is 4.53. The summed E-state index contributed by atoms with van der Waals surface area (Å²) in [6, 6.07) is 17.5. The molecule has 0 aliphatic rings. The highest BCUT2D eigenvalue weighted by atomic mass is 19.1. The van der Waals surface area contributed by atoms with Crippen LogP contribution in [0.4, 0.5) is 4.39 Å². The number of amides is 2. The molecule has 0 radical (unpaired) electrons. The summed E-state index contributed by atoms with van der Waals surface area (Å²) in [4.78, 5) is 26.5. The molecule has 29 heavy (non-hydrogen) atoms. The molecule has 0 aliphatic carbocycles. The molecule has 0 atom stereocenters. The van der Waals surface area contributed by atoms with Gasteiger partial charge in [-0.2, -0.15) is 0 Å². The number of hydrogen-bond donors (Lipinski definition) is 1. The fourth-order valence-corrected chi connectivity index (χ4v) is 2.95. The number of nitrogens with zero attached hydrogens (tertiary/aromatic N) is 1. The maximum Gasteiger partial charge on any atom is 0.257 e. The van der Waals surface area contributed by atoms with Crippen molar-refractivity contribution < 1.29 is 18.4 Å². The molecular weight excluding hydrogens is 371 g/mol. The molecule has 0 spiro atoms. The first-order valence-electron chi connectivity index (χ1n) is 9.48. The van der Waals surface area contributed by atoms with Gasteiger partial charge in [-0.3, -0.25) is 9.59 Å². The fraction of sp³-hybridized carbons (Fsp3) is 0.217. The van der Waals surface area contributed by atoms with E-state index in [0.29, 0.717) is 12.1 Å². The van der Waals surface area contributed by atoms with Crippen LogP contribution in [0.3, 0.4) is 0 Å². The second-order valence-corrected chi connectivity index (χ2v) is 6.70. The average Bonchev–Trinajstić information content (AvgIpc) is 3.28. The minimum absolute atomic E-state index is 0.120. The maximum atomic E-state index is 13.2. The summed E-state index contributed by atoms with van der Waals surface area (Å²) in [7, 11) is 0. The molecule has 0 fully saturated rings. The topological polar surface area (TPSA) is 62.6 Å². The van der Waals surface area contributed by atoms with E-state index in [0.717, 1.165) is 17.5 Å². The smallest absolute Gasteiger partial charge is 0.257 e. The van der Waals surface area contributed by atoms with Gasteiger partial charge in [0.25, 0.3) is 5.91 Å². The van der Waals surface area contributed by atoms with Crippen molar-refractivity contribution >= 4 is 11.8 Å². The number of hydrogen-bond acceptors (Lipinski definition) is 3. The Morgan fingerprint density at radius 3 is 2.41 bits per heavy atom. The zero-order valence-corrected chi connectivity index (χ0v) is 16.0. The van der Waals surface area contributed by atoms with Crippen LogP contribution in [0.2, 0.25) is 0 Å². The third-order valence-corrected chi connectivity index (χ3v) is 4.53. The van der Waals surface area contributed by atoms with Gasteiger partial charge < -0.3 is 14.6 Å². The summed E-state index contributed by atoms with van der Waals surface area (Å²) in [6.07, 6.45) is 3.74. The Hall–Kier alpha value is -3.41. The Bertz CT molecular complexity index is 909. The van der Waals surface area contributed by atoms with Crippen LogP contribution in [0.5, 0.6) is 0 Å². The molecule has 1 heterocycles. The Morgan fingerprint density at radius 2 is 1.72 bits per heavy atom. The molecule has 0 bridgehead atoms. The molecule has 0 unspecified atom stereocenters. The lowest BCUT2D eigenvalue weighted by atomic mass is 10.1. The molecule has 150 valence electrons. The second kappa shape index (κ2) is 10.2. The van der Waals surface area contributed by atoms with Crippen molar-refractivity contribution in [3.63, 3.8) is 0 Å². The summed E-state index contributed by atoms with van der Waals surface area (Å²) in [5.41, 5.74) is 2.35. The quantitative estimate of drug-likeness (QED) is 0.600. The van der Waals surface area contributed by atoms with Crippen molar-refractivity contribution in [3.8, 4) is 0 Å². The van der Waals surface area contributed by atoms with Gasteiger partial charge >= 0.3 is 0 Å². The standard InChI is InChI=1S/C23H23FN2O3/c24-21-8-6-19(7-9-21)16-26(23(28)20-12-15-29-17-20)14-11-22(27)25-13-10-18-4-2-1-3-5-18/h1-9,12,15,17H,10-11,13-14,16H2,(H,25,27). The van der Waals surface area contributed by atoms with Gasteiger partial charge in [0.15, 0.2) is 0 Å². The Kier molecular flexibility index (Phi) is 7.16. The first kappa shape index (κ1) is 20.3. The molecule has 6 heteroatoms. The van der Waals surface area contributed by atoms with Crippen molar-refractivity contribution in [3.05, 3.63) is 95.7 Å². The van der Waals surface area contributed by atoms with E-state index in [1.54, 1.807) is 23.1 Å².